The van der Waals surface area contributed by atoms with Gasteiger partial charge in [-0.1, -0.05) is 0 Å². The summed E-state index contributed by atoms with van der Waals surface area (Å²) in [6.45, 7) is 7.03. The lowest BCUT2D eigenvalue weighted by molar-refractivity contribution is -0.137. The molecule has 1 aromatic heterocycles. The minimum atomic E-state index is -1.01. The number of imidazole rings is 1. The number of rotatable bonds is 4. The lowest BCUT2D eigenvalue weighted by Crippen LogP contribution is -2.36. The average molecular weight is 283 g/mol. The second-order valence-corrected chi connectivity index (χ2v) is 5.59. The van der Waals surface area contributed by atoms with E-state index in [-0.39, 0.29) is 6.42 Å². The van der Waals surface area contributed by atoms with Gasteiger partial charge in [-0.2, -0.15) is 0 Å². The summed E-state index contributed by atoms with van der Waals surface area (Å²) in [5.74, 6) is -0.272. The number of carbonyl (C=O) groups excluding carboxylic acids is 1. The van der Waals surface area contributed by atoms with Crippen LogP contribution in [0.5, 0.6) is 0 Å². The fraction of sp³-hybridized carbons (Fsp3) is 0.615. The maximum atomic E-state index is 11.8. The molecule has 7 heteroatoms. The average Bonchev–Trinajstić information content (AvgIpc) is 2.55. The van der Waals surface area contributed by atoms with Crippen LogP contribution in [-0.4, -0.2) is 32.3 Å². The van der Waals surface area contributed by atoms with E-state index in [1.165, 1.54) is 0 Å². The highest BCUT2D eigenvalue weighted by Crippen LogP contribution is 2.18. The fourth-order valence-corrected chi connectivity index (χ4v) is 1.70. The van der Waals surface area contributed by atoms with E-state index in [2.05, 4.69) is 10.3 Å². The molecule has 0 unspecified atom stereocenters. The Balaban J connectivity index is 2.88. The van der Waals surface area contributed by atoms with Gasteiger partial charge in [0.1, 0.15) is 11.4 Å². The van der Waals surface area contributed by atoms with E-state index >= 15 is 0 Å². The zero-order chi connectivity index (χ0) is 15.5. The van der Waals surface area contributed by atoms with Crippen LogP contribution in [0.1, 0.15) is 44.8 Å². The summed E-state index contributed by atoms with van der Waals surface area (Å²) in [5.41, 5.74) is -0.0176. The number of aliphatic carboxylic acids is 1. The first kappa shape index (κ1) is 16.0. The zero-order valence-electron chi connectivity index (χ0n) is 12.4. The normalized spacial score (nSPS) is 12.8. The largest absolute Gasteiger partial charge is 0.481 e. The van der Waals surface area contributed by atoms with Gasteiger partial charge < -0.3 is 19.7 Å². The van der Waals surface area contributed by atoms with Crippen molar-refractivity contribution in [2.75, 3.05) is 0 Å². The first-order valence-corrected chi connectivity index (χ1v) is 6.29. The van der Waals surface area contributed by atoms with Crippen molar-refractivity contribution >= 4 is 12.1 Å². The molecule has 1 rings (SSSR count). The molecule has 0 saturated carbocycles. The third-order valence-corrected chi connectivity index (χ3v) is 2.68. The van der Waals surface area contributed by atoms with Crippen LogP contribution in [-0.2, 0) is 16.6 Å². The Kier molecular flexibility index (Phi) is 4.75. The molecule has 20 heavy (non-hydrogen) atoms. The minimum Gasteiger partial charge on any atom is -0.481 e. The second-order valence-electron chi connectivity index (χ2n) is 5.59. The number of aryl methyl sites for hydroxylation is 1. The summed E-state index contributed by atoms with van der Waals surface area (Å²) in [6, 6.07) is -0.687. The van der Waals surface area contributed by atoms with Crippen molar-refractivity contribution < 1.29 is 19.4 Å². The molecule has 0 aliphatic rings. The molecule has 1 aromatic rings. The first-order chi connectivity index (χ1) is 9.10. The minimum absolute atomic E-state index is 0.238. The molecular formula is C13H21N3O4. The number of nitrogens with zero attached hydrogens (tertiary/aromatic N) is 2. The lowest BCUT2D eigenvalue weighted by atomic mass is 10.1. The number of hydrogen-bond donors (Lipinski definition) is 2. The van der Waals surface area contributed by atoms with Crippen LogP contribution in [0.2, 0.25) is 0 Å². The van der Waals surface area contributed by atoms with Crippen molar-refractivity contribution in [3.63, 3.8) is 0 Å². The van der Waals surface area contributed by atoms with Crippen LogP contribution >= 0.6 is 0 Å². The Hall–Kier alpha value is -2.05. The molecule has 0 spiro atoms. The highest BCUT2D eigenvalue weighted by Gasteiger charge is 2.24. The Morgan fingerprint density at radius 2 is 2.10 bits per heavy atom. The van der Waals surface area contributed by atoms with Crippen LogP contribution in [0.4, 0.5) is 4.79 Å². The summed E-state index contributed by atoms with van der Waals surface area (Å²) in [6.07, 6.45) is 0.668. The molecule has 1 atom stereocenters. The predicted octanol–water partition coefficient (Wildman–Crippen LogP) is 1.77. The first-order valence-electron chi connectivity index (χ1n) is 6.29. The van der Waals surface area contributed by atoms with Gasteiger partial charge >= 0.3 is 12.1 Å². The molecule has 0 radical (unpaired) electrons. The summed E-state index contributed by atoms with van der Waals surface area (Å²) < 4.78 is 6.89. The van der Waals surface area contributed by atoms with Gasteiger partial charge in [0.15, 0.2) is 0 Å². The van der Waals surface area contributed by atoms with Crippen molar-refractivity contribution in [2.45, 2.75) is 45.8 Å². The molecule has 0 aromatic carbocycles. The lowest BCUT2D eigenvalue weighted by Gasteiger charge is -2.23. The van der Waals surface area contributed by atoms with E-state index in [0.29, 0.717) is 5.69 Å². The number of ether oxygens (including phenoxy) is 1. The Morgan fingerprint density at radius 3 is 2.50 bits per heavy atom. The van der Waals surface area contributed by atoms with Crippen molar-refractivity contribution in [1.29, 1.82) is 0 Å². The zero-order valence-corrected chi connectivity index (χ0v) is 12.4. The van der Waals surface area contributed by atoms with Gasteiger partial charge in [0.25, 0.3) is 0 Å². The summed E-state index contributed by atoms with van der Waals surface area (Å²) in [7, 11) is 1.77. The van der Waals surface area contributed by atoms with Crippen LogP contribution in [0.25, 0.3) is 0 Å². The molecule has 7 nitrogen and oxygen atoms in total. The van der Waals surface area contributed by atoms with Crippen LogP contribution in [0.15, 0.2) is 6.20 Å². The van der Waals surface area contributed by atoms with Crippen molar-refractivity contribution in [2.24, 2.45) is 7.05 Å². The van der Waals surface area contributed by atoms with Crippen LogP contribution < -0.4 is 5.32 Å². The molecule has 0 saturated heterocycles. The number of carbonyl (C=O) groups is 2. The maximum Gasteiger partial charge on any atom is 0.408 e. The number of alkyl carbamates (subject to hydrolysis) is 1. The molecule has 1 amide bonds. The number of nitrogens with one attached hydrogen (secondary N) is 1. The molecule has 0 aliphatic carbocycles. The number of carboxylic acids is 1. The number of amides is 1. The Morgan fingerprint density at radius 1 is 1.50 bits per heavy atom. The number of hydrogen-bond acceptors (Lipinski definition) is 4. The van der Waals surface area contributed by atoms with Crippen LogP contribution in [0, 0.1) is 6.92 Å². The van der Waals surface area contributed by atoms with Gasteiger partial charge in [-0.05, 0) is 27.7 Å². The third kappa shape index (κ3) is 4.56. The fourth-order valence-electron chi connectivity index (χ4n) is 1.70. The molecule has 0 aliphatic heterocycles. The van der Waals surface area contributed by atoms with Gasteiger partial charge in [-0.3, -0.25) is 4.79 Å². The number of carboxylic acid groups (broad SMARTS) is 1. The maximum absolute atomic E-state index is 11.8. The van der Waals surface area contributed by atoms with Crippen LogP contribution in [0.3, 0.4) is 0 Å². The van der Waals surface area contributed by atoms with Gasteiger partial charge in [-0.15, -0.1) is 0 Å². The molecule has 0 bridgehead atoms. The van der Waals surface area contributed by atoms with E-state index in [4.69, 9.17) is 9.84 Å². The molecule has 1 heterocycles. The molecule has 0 fully saturated rings. The quantitative estimate of drug-likeness (QED) is 0.878. The van der Waals surface area contributed by atoms with Gasteiger partial charge in [-0.25, -0.2) is 9.78 Å². The Labute approximate surface area is 118 Å². The smallest absolute Gasteiger partial charge is 0.408 e. The van der Waals surface area contributed by atoms with Gasteiger partial charge in [0.05, 0.1) is 24.4 Å². The summed E-state index contributed by atoms with van der Waals surface area (Å²) >= 11 is 0. The highest BCUT2D eigenvalue weighted by molar-refractivity contribution is 5.72. The highest BCUT2D eigenvalue weighted by atomic mass is 16.6. The van der Waals surface area contributed by atoms with E-state index in [1.54, 1.807) is 45.5 Å². The van der Waals surface area contributed by atoms with E-state index in [0.717, 1.165) is 5.82 Å². The third-order valence-electron chi connectivity index (χ3n) is 2.68. The van der Waals surface area contributed by atoms with Crippen molar-refractivity contribution in [3.8, 4) is 0 Å². The molecule has 112 valence electrons. The number of aromatic nitrogens is 2. The van der Waals surface area contributed by atoms with Crippen molar-refractivity contribution in [3.05, 3.63) is 17.7 Å². The van der Waals surface area contributed by atoms with Gasteiger partial charge in [0, 0.05) is 7.05 Å². The standard InChI is InChI=1S/C13H21N3O4/c1-8-14-7-10(16(8)5)9(6-11(17)18)15-12(19)20-13(2,3)4/h7,9H,6H2,1-5H3,(H,15,19)(H,17,18)/t9-/m1/s1. The molecular weight excluding hydrogens is 262 g/mol. The van der Waals surface area contributed by atoms with E-state index < -0.39 is 23.7 Å². The second kappa shape index (κ2) is 5.94. The summed E-state index contributed by atoms with van der Waals surface area (Å²) in [4.78, 5) is 26.8. The van der Waals surface area contributed by atoms with E-state index in [9.17, 15) is 9.59 Å². The topological polar surface area (TPSA) is 93.4 Å². The van der Waals surface area contributed by atoms with Gasteiger partial charge in [0.2, 0.25) is 0 Å². The molecule has 2 N–H and O–H groups in total. The summed E-state index contributed by atoms with van der Waals surface area (Å²) in [5, 5.41) is 11.5. The van der Waals surface area contributed by atoms with Crippen molar-refractivity contribution in [1.82, 2.24) is 14.9 Å². The van der Waals surface area contributed by atoms with E-state index in [1.807, 2.05) is 0 Å². The predicted molar refractivity (Wildman–Crippen MR) is 72.3 cm³/mol. The SMILES string of the molecule is Cc1ncc([C@@H](CC(=O)O)NC(=O)OC(C)(C)C)n1C. The monoisotopic (exact) mass is 283 g/mol. The Bertz CT molecular complexity index is 502.